The lowest BCUT2D eigenvalue weighted by atomic mass is 10.1. The molecule has 1 aromatic heterocycles. The van der Waals surface area contributed by atoms with Crippen LogP contribution in [0.3, 0.4) is 0 Å². The zero-order valence-corrected chi connectivity index (χ0v) is 12.3. The number of hydrogen-bond acceptors (Lipinski definition) is 4. The van der Waals surface area contributed by atoms with E-state index < -0.39 is 0 Å². The van der Waals surface area contributed by atoms with Crippen molar-refractivity contribution in [2.75, 3.05) is 24.3 Å². The van der Waals surface area contributed by atoms with E-state index in [2.05, 4.69) is 10.3 Å². The van der Waals surface area contributed by atoms with Crippen LogP contribution in [-0.2, 0) is 0 Å². The Hall–Kier alpha value is -2.58. The molecule has 1 N–H and O–H groups in total. The number of halogens is 1. The second kappa shape index (κ2) is 6.25. The fourth-order valence-electron chi connectivity index (χ4n) is 1.82. The van der Waals surface area contributed by atoms with Crippen molar-refractivity contribution in [3.8, 4) is 6.07 Å². The molecule has 2 rings (SSSR count). The molecule has 0 bridgehead atoms. The summed E-state index contributed by atoms with van der Waals surface area (Å²) < 4.78 is 0. The average Bonchev–Trinajstić information content (AvgIpc) is 2.54. The SMILES string of the molecule is CNc1cc(C(=O)N(C)c2cccc(C#N)c2)c(Cl)cn1. The fraction of sp³-hybridized carbons (Fsp3) is 0.133. The molecule has 0 aliphatic heterocycles. The number of nitrogens with one attached hydrogen (secondary N) is 1. The number of amides is 1. The number of carbonyl (C=O) groups excluding carboxylic acids is 1. The smallest absolute Gasteiger partial charge is 0.259 e. The topological polar surface area (TPSA) is 69.0 Å². The summed E-state index contributed by atoms with van der Waals surface area (Å²) in [4.78, 5) is 18.0. The lowest BCUT2D eigenvalue weighted by Crippen LogP contribution is -2.26. The van der Waals surface area contributed by atoms with Gasteiger partial charge in [-0.2, -0.15) is 5.26 Å². The summed E-state index contributed by atoms with van der Waals surface area (Å²) in [5.74, 6) is 0.288. The number of nitriles is 1. The van der Waals surface area contributed by atoms with Crippen LogP contribution in [-0.4, -0.2) is 25.0 Å². The van der Waals surface area contributed by atoms with Crippen LogP contribution in [0.15, 0.2) is 36.5 Å². The van der Waals surface area contributed by atoms with Crippen molar-refractivity contribution in [3.05, 3.63) is 52.7 Å². The molecule has 0 spiro atoms. The second-order valence-electron chi connectivity index (χ2n) is 4.33. The van der Waals surface area contributed by atoms with E-state index in [1.54, 1.807) is 44.4 Å². The van der Waals surface area contributed by atoms with E-state index in [1.807, 2.05) is 6.07 Å². The van der Waals surface area contributed by atoms with Gasteiger partial charge in [-0.25, -0.2) is 4.98 Å². The second-order valence-corrected chi connectivity index (χ2v) is 4.73. The van der Waals surface area contributed by atoms with Gasteiger partial charge in [0.15, 0.2) is 0 Å². The monoisotopic (exact) mass is 300 g/mol. The van der Waals surface area contributed by atoms with Crippen LogP contribution in [0.25, 0.3) is 0 Å². The third kappa shape index (κ3) is 3.12. The van der Waals surface area contributed by atoms with Gasteiger partial charge in [0.2, 0.25) is 0 Å². The van der Waals surface area contributed by atoms with E-state index in [9.17, 15) is 4.79 Å². The van der Waals surface area contributed by atoms with Crippen molar-refractivity contribution in [3.63, 3.8) is 0 Å². The van der Waals surface area contributed by atoms with E-state index in [4.69, 9.17) is 16.9 Å². The zero-order chi connectivity index (χ0) is 15.4. The molecule has 106 valence electrons. The van der Waals surface area contributed by atoms with E-state index in [-0.39, 0.29) is 10.9 Å². The summed E-state index contributed by atoms with van der Waals surface area (Å²) in [6.07, 6.45) is 1.43. The van der Waals surface area contributed by atoms with Crippen LogP contribution >= 0.6 is 11.6 Å². The Labute approximate surface area is 127 Å². The molecule has 0 unspecified atom stereocenters. The van der Waals surface area contributed by atoms with Crippen LogP contribution in [0, 0.1) is 11.3 Å². The zero-order valence-electron chi connectivity index (χ0n) is 11.6. The third-order valence-corrected chi connectivity index (χ3v) is 3.31. The number of nitrogens with zero attached hydrogens (tertiary/aromatic N) is 3. The van der Waals surface area contributed by atoms with Gasteiger partial charge >= 0.3 is 0 Å². The van der Waals surface area contributed by atoms with Crippen molar-refractivity contribution < 1.29 is 4.79 Å². The summed E-state index contributed by atoms with van der Waals surface area (Å²) in [5.41, 5.74) is 1.46. The molecule has 0 atom stereocenters. The number of hydrogen-bond donors (Lipinski definition) is 1. The molecule has 1 aromatic carbocycles. The quantitative estimate of drug-likeness (QED) is 0.946. The Balaban J connectivity index is 2.37. The molecule has 5 nitrogen and oxygen atoms in total. The van der Waals surface area contributed by atoms with Crippen LogP contribution in [0.4, 0.5) is 11.5 Å². The molecule has 0 aliphatic carbocycles. The van der Waals surface area contributed by atoms with Gasteiger partial charge in [-0.15, -0.1) is 0 Å². The van der Waals surface area contributed by atoms with Gasteiger partial charge in [0.25, 0.3) is 5.91 Å². The molecule has 0 fully saturated rings. The Morgan fingerprint density at radius 1 is 1.43 bits per heavy atom. The molecular weight excluding hydrogens is 288 g/mol. The van der Waals surface area contributed by atoms with Crippen molar-refractivity contribution in [2.24, 2.45) is 0 Å². The lowest BCUT2D eigenvalue weighted by Gasteiger charge is -2.18. The number of pyridine rings is 1. The van der Waals surface area contributed by atoms with Gasteiger partial charge in [0.05, 0.1) is 22.2 Å². The van der Waals surface area contributed by atoms with Crippen molar-refractivity contribution in [1.29, 1.82) is 5.26 Å². The highest BCUT2D eigenvalue weighted by Crippen LogP contribution is 2.22. The Bertz CT molecular complexity index is 724. The highest BCUT2D eigenvalue weighted by molar-refractivity contribution is 6.34. The lowest BCUT2D eigenvalue weighted by molar-refractivity contribution is 0.0993. The standard InChI is InChI=1S/C15H13ClN4O/c1-18-14-7-12(13(16)9-19-14)15(21)20(2)11-5-3-4-10(6-11)8-17/h3-7,9H,1-2H3,(H,18,19). The van der Waals surface area contributed by atoms with E-state index in [1.165, 1.54) is 11.1 Å². The summed E-state index contributed by atoms with van der Waals surface area (Å²) in [6.45, 7) is 0. The molecular formula is C15H13ClN4O. The van der Waals surface area contributed by atoms with E-state index in [0.29, 0.717) is 22.6 Å². The molecule has 21 heavy (non-hydrogen) atoms. The maximum absolute atomic E-state index is 12.5. The summed E-state index contributed by atoms with van der Waals surface area (Å²) in [7, 11) is 3.35. The number of rotatable bonds is 3. The van der Waals surface area contributed by atoms with Gasteiger partial charge < -0.3 is 10.2 Å². The summed E-state index contributed by atoms with van der Waals surface area (Å²) in [5, 5.41) is 12.1. The van der Waals surface area contributed by atoms with E-state index in [0.717, 1.165) is 0 Å². The van der Waals surface area contributed by atoms with E-state index >= 15 is 0 Å². The summed E-state index contributed by atoms with van der Waals surface area (Å²) in [6, 6.07) is 10.4. The van der Waals surface area contributed by atoms with Crippen molar-refractivity contribution >= 4 is 29.0 Å². The number of carbonyl (C=O) groups is 1. The molecule has 0 saturated carbocycles. The Morgan fingerprint density at radius 2 is 2.19 bits per heavy atom. The predicted molar refractivity (Wildman–Crippen MR) is 82.7 cm³/mol. The number of anilines is 2. The van der Waals surface area contributed by atoms with Crippen LogP contribution in [0.5, 0.6) is 0 Å². The minimum atomic E-state index is -0.269. The van der Waals surface area contributed by atoms with Crippen molar-refractivity contribution in [2.45, 2.75) is 0 Å². The first kappa shape index (κ1) is 14.8. The number of benzene rings is 1. The van der Waals surface area contributed by atoms with Gasteiger partial charge in [0, 0.05) is 26.0 Å². The maximum Gasteiger partial charge on any atom is 0.259 e. The first-order valence-corrected chi connectivity index (χ1v) is 6.56. The molecule has 1 heterocycles. The van der Waals surface area contributed by atoms with Crippen molar-refractivity contribution in [1.82, 2.24) is 4.98 Å². The Kier molecular flexibility index (Phi) is 4.41. The Morgan fingerprint density at radius 3 is 2.86 bits per heavy atom. The third-order valence-electron chi connectivity index (χ3n) is 3.01. The largest absolute Gasteiger partial charge is 0.373 e. The van der Waals surface area contributed by atoms with Gasteiger partial charge in [-0.3, -0.25) is 4.79 Å². The normalized spacial score (nSPS) is 9.81. The van der Waals surface area contributed by atoms with Crippen LogP contribution in [0.2, 0.25) is 5.02 Å². The predicted octanol–water partition coefficient (Wildman–Crippen LogP) is 2.92. The molecule has 1 amide bonds. The van der Waals surface area contributed by atoms with Gasteiger partial charge in [-0.05, 0) is 24.3 Å². The fourth-order valence-corrected chi connectivity index (χ4v) is 2.01. The first-order valence-electron chi connectivity index (χ1n) is 6.18. The van der Waals surface area contributed by atoms with Crippen LogP contribution < -0.4 is 10.2 Å². The van der Waals surface area contributed by atoms with Gasteiger partial charge in [0.1, 0.15) is 5.82 Å². The minimum absolute atomic E-state index is 0.269. The molecule has 0 radical (unpaired) electrons. The highest BCUT2D eigenvalue weighted by atomic mass is 35.5. The van der Waals surface area contributed by atoms with Gasteiger partial charge in [-0.1, -0.05) is 17.7 Å². The molecule has 6 heteroatoms. The number of aromatic nitrogens is 1. The average molecular weight is 301 g/mol. The first-order chi connectivity index (χ1) is 10.1. The maximum atomic E-state index is 12.5. The minimum Gasteiger partial charge on any atom is -0.373 e. The van der Waals surface area contributed by atoms with Crippen LogP contribution in [0.1, 0.15) is 15.9 Å². The molecule has 0 aliphatic rings. The highest BCUT2D eigenvalue weighted by Gasteiger charge is 2.18. The molecule has 0 saturated heterocycles. The summed E-state index contributed by atoms with van der Waals surface area (Å²) >= 11 is 6.05. The molecule has 2 aromatic rings.